The predicted octanol–water partition coefficient (Wildman–Crippen LogP) is 3.67. The monoisotopic (exact) mass is 342 g/mol. The summed E-state index contributed by atoms with van der Waals surface area (Å²) in [7, 11) is 0. The summed E-state index contributed by atoms with van der Waals surface area (Å²) in [5.41, 5.74) is 8.70. The van der Waals surface area contributed by atoms with Gasteiger partial charge in [0.05, 0.1) is 0 Å². The van der Waals surface area contributed by atoms with E-state index in [-0.39, 0.29) is 6.04 Å². The summed E-state index contributed by atoms with van der Waals surface area (Å²) in [6, 6.07) is 6.77. The van der Waals surface area contributed by atoms with Gasteiger partial charge in [0.15, 0.2) is 0 Å². The van der Waals surface area contributed by atoms with Crippen molar-refractivity contribution in [3.05, 3.63) is 28.2 Å². The Labute approximate surface area is 129 Å². The molecule has 4 heteroatoms. The third-order valence-corrected chi connectivity index (χ3v) is 5.07. The van der Waals surface area contributed by atoms with E-state index in [1.807, 2.05) is 0 Å². The third kappa shape index (κ3) is 4.14. The lowest BCUT2D eigenvalue weighted by Crippen LogP contribution is -2.41. The van der Waals surface area contributed by atoms with Gasteiger partial charge in [-0.1, -0.05) is 35.8 Å². The highest BCUT2D eigenvalue weighted by molar-refractivity contribution is 9.10. The number of anilines is 1. The Hall–Kier alpha value is -0.190. The SMILES string of the molecule is CC(N)Cc1ccc(Br)cc1N1CC(C)SC(C)C1. The maximum atomic E-state index is 5.98. The van der Waals surface area contributed by atoms with Gasteiger partial charge in [-0.15, -0.1) is 0 Å². The van der Waals surface area contributed by atoms with Crippen molar-refractivity contribution in [1.29, 1.82) is 0 Å². The average Bonchev–Trinajstić information content (AvgIpc) is 2.29. The Kier molecular flexibility index (Phi) is 5.21. The second-order valence-electron chi connectivity index (χ2n) is 5.62. The standard InChI is InChI=1S/C15H23BrN2S/c1-10(17)6-13-4-5-14(16)7-15(13)18-8-11(2)19-12(3)9-18/h4-5,7,10-12H,6,8-9,17H2,1-3H3. The summed E-state index contributed by atoms with van der Waals surface area (Å²) in [6.07, 6.45) is 0.940. The molecule has 0 spiro atoms. The lowest BCUT2D eigenvalue weighted by molar-refractivity contribution is 0.705. The van der Waals surface area contributed by atoms with Crippen LogP contribution in [0.5, 0.6) is 0 Å². The molecule has 1 aromatic rings. The molecule has 0 bridgehead atoms. The topological polar surface area (TPSA) is 29.3 Å². The maximum absolute atomic E-state index is 5.98. The highest BCUT2D eigenvalue weighted by Gasteiger charge is 2.24. The number of benzene rings is 1. The van der Waals surface area contributed by atoms with Gasteiger partial charge in [0.1, 0.15) is 0 Å². The molecular formula is C15H23BrN2S. The van der Waals surface area contributed by atoms with Crippen LogP contribution in [0, 0.1) is 0 Å². The smallest absolute Gasteiger partial charge is 0.0411 e. The zero-order valence-corrected chi connectivity index (χ0v) is 14.3. The molecule has 0 amide bonds. The van der Waals surface area contributed by atoms with Crippen molar-refractivity contribution in [2.75, 3.05) is 18.0 Å². The van der Waals surface area contributed by atoms with Crippen molar-refractivity contribution in [1.82, 2.24) is 0 Å². The van der Waals surface area contributed by atoms with Gasteiger partial charge >= 0.3 is 0 Å². The van der Waals surface area contributed by atoms with Gasteiger partial charge in [0.25, 0.3) is 0 Å². The van der Waals surface area contributed by atoms with Gasteiger partial charge < -0.3 is 10.6 Å². The molecule has 19 heavy (non-hydrogen) atoms. The molecule has 1 fully saturated rings. The van der Waals surface area contributed by atoms with Crippen LogP contribution >= 0.6 is 27.7 Å². The Morgan fingerprint density at radius 3 is 2.58 bits per heavy atom. The summed E-state index contributed by atoms with van der Waals surface area (Å²) in [5.74, 6) is 0. The first-order chi connectivity index (χ1) is 8.95. The van der Waals surface area contributed by atoms with Crippen molar-refractivity contribution in [2.24, 2.45) is 5.73 Å². The Bertz CT molecular complexity index is 426. The highest BCUT2D eigenvalue weighted by Crippen LogP contribution is 2.32. The van der Waals surface area contributed by atoms with Crippen LogP contribution in [-0.2, 0) is 6.42 Å². The van der Waals surface area contributed by atoms with E-state index >= 15 is 0 Å². The Morgan fingerprint density at radius 1 is 1.37 bits per heavy atom. The van der Waals surface area contributed by atoms with E-state index in [0.717, 1.165) is 24.0 Å². The van der Waals surface area contributed by atoms with E-state index in [1.54, 1.807) is 0 Å². The predicted molar refractivity (Wildman–Crippen MR) is 90.2 cm³/mol. The number of halogens is 1. The molecule has 3 atom stereocenters. The molecule has 2 rings (SSSR count). The van der Waals surface area contributed by atoms with E-state index < -0.39 is 0 Å². The molecule has 2 nitrogen and oxygen atoms in total. The number of hydrogen-bond donors (Lipinski definition) is 1. The first-order valence-corrected chi connectivity index (χ1v) is 8.63. The van der Waals surface area contributed by atoms with Crippen LogP contribution in [0.4, 0.5) is 5.69 Å². The van der Waals surface area contributed by atoms with Crippen LogP contribution in [-0.4, -0.2) is 29.6 Å². The molecule has 0 aromatic heterocycles. The fraction of sp³-hybridized carbons (Fsp3) is 0.600. The molecule has 2 N–H and O–H groups in total. The molecule has 106 valence electrons. The van der Waals surface area contributed by atoms with E-state index in [4.69, 9.17) is 5.73 Å². The molecule has 0 radical (unpaired) electrons. The van der Waals surface area contributed by atoms with Crippen molar-refractivity contribution < 1.29 is 0 Å². The van der Waals surface area contributed by atoms with Crippen LogP contribution in [0.2, 0.25) is 0 Å². The van der Waals surface area contributed by atoms with Crippen molar-refractivity contribution in [3.63, 3.8) is 0 Å². The van der Waals surface area contributed by atoms with Crippen molar-refractivity contribution in [3.8, 4) is 0 Å². The molecule has 1 saturated heterocycles. The second-order valence-corrected chi connectivity index (χ2v) is 8.41. The van der Waals surface area contributed by atoms with E-state index in [2.05, 4.69) is 71.6 Å². The summed E-state index contributed by atoms with van der Waals surface area (Å²) in [4.78, 5) is 2.52. The summed E-state index contributed by atoms with van der Waals surface area (Å²) in [6.45, 7) is 8.95. The van der Waals surface area contributed by atoms with Crippen molar-refractivity contribution in [2.45, 2.75) is 43.7 Å². The second kappa shape index (κ2) is 6.51. The third-order valence-electron chi connectivity index (χ3n) is 3.35. The Morgan fingerprint density at radius 2 is 2.00 bits per heavy atom. The van der Waals surface area contributed by atoms with Gasteiger partial charge in [-0.2, -0.15) is 11.8 Å². The number of nitrogens with two attached hydrogens (primary N) is 1. The molecular weight excluding hydrogens is 320 g/mol. The number of nitrogens with zero attached hydrogens (tertiary/aromatic N) is 1. The minimum absolute atomic E-state index is 0.203. The minimum atomic E-state index is 0.203. The largest absolute Gasteiger partial charge is 0.369 e. The van der Waals surface area contributed by atoms with Crippen molar-refractivity contribution >= 4 is 33.4 Å². The van der Waals surface area contributed by atoms with E-state index in [1.165, 1.54) is 11.3 Å². The lowest BCUT2D eigenvalue weighted by atomic mass is 10.0. The maximum Gasteiger partial charge on any atom is 0.0411 e. The molecule has 0 saturated carbocycles. The quantitative estimate of drug-likeness (QED) is 0.908. The van der Waals surface area contributed by atoms with E-state index in [9.17, 15) is 0 Å². The number of thioether (sulfide) groups is 1. The molecule has 1 heterocycles. The van der Waals surface area contributed by atoms with Gasteiger partial charge in [-0.25, -0.2) is 0 Å². The van der Waals surface area contributed by atoms with Gasteiger partial charge in [-0.05, 0) is 31.0 Å². The molecule has 1 aromatic carbocycles. The van der Waals surface area contributed by atoms with Crippen LogP contribution in [0.25, 0.3) is 0 Å². The first kappa shape index (κ1) is 15.2. The van der Waals surface area contributed by atoms with E-state index in [0.29, 0.717) is 10.5 Å². The average molecular weight is 343 g/mol. The normalized spacial score (nSPS) is 25.4. The molecule has 1 aliphatic heterocycles. The van der Waals surface area contributed by atoms with Gasteiger partial charge in [0.2, 0.25) is 0 Å². The summed E-state index contributed by atoms with van der Waals surface area (Å²) in [5, 5.41) is 1.37. The van der Waals surface area contributed by atoms with Crippen LogP contribution in [0.15, 0.2) is 22.7 Å². The first-order valence-electron chi connectivity index (χ1n) is 6.90. The van der Waals surface area contributed by atoms with Gasteiger partial charge in [0, 0.05) is 39.8 Å². The zero-order valence-electron chi connectivity index (χ0n) is 11.9. The summed E-state index contributed by atoms with van der Waals surface area (Å²) >= 11 is 5.68. The lowest BCUT2D eigenvalue weighted by Gasteiger charge is -2.37. The fourth-order valence-corrected chi connectivity index (χ4v) is 4.40. The highest BCUT2D eigenvalue weighted by atomic mass is 79.9. The Balaban J connectivity index is 2.28. The van der Waals surface area contributed by atoms with Crippen LogP contribution < -0.4 is 10.6 Å². The fourth-order valence-electron chi connectivity index (χ4n) is 2.73. The summed E-state index contributed by atoms with van der Waals surface area (Å²) < 4.78 is 1.15. The minimum Gasteiger partial charge on any atom is -0.369 e. The van der Waals surface area contributed by atoms with Crippen LogP contribution in [0.1, 0.15) is 26.3 Å². The molecule has 0 aliphatic carbocycles. The molecule has 1 aliphatic rings. The zero-order chi connectivity index (χ0) is 14.0. The molecule has 3 unspecified atom stereocenters. The number of rotatable bonds is 3. The van der Waals surface area contributed by atoms with Gasteiger partial charge in [-0.3, -0.25) is 0 Å². The van der Waals surface area contributed by atoms with Crippen LogP contribution in [0.3, 0.4) is 0 Å². The number of hydrogen-bond acceptors (Lipinski definition) is 3.